The highest BCUT2D eigenvalue weighted by Gasteiger charge is 2.22. The summed E-state index contributed by atoms with van der Waals surface area (Å²) in [5, 5.41) is 0. The summed E-state index contributed by atoms with van der Waals surface area (Å²) < 4.78 is 10.0. The van der Waals surface area contributed by atoms with Crippen LogP contribution in [0.4, 0.5) is 0 Å². The second-order valence-corrected chi connectivity index (χ2v) is 6.85. The third kappa shape index (κ3) is 5.87. The van der Waals surface area contributed by atoms with Crippen LogP contribution in [0.25, 0.3) is 0 Å². The monoisotopic (exact) mass is 356 g/mol. The number of benzene rings is 1. The molecular weight excluding hydrogens is 328 g/mol. The molecule has 1 aliphatic rings. The first-order valence-corrected chi connectivity index (χ1v) is 9.19. The molecule has 4 heteroatoms. The number of carbonyl (C=O) groups excluding carboxylic acids is 2. The average molecular weight is 356 g/mol. The Morgan fingerprint density at radius 1 is 1.19 bits per heavy atom. The maximum absolute atomic E-state index is 12.4. The van der Waals surface area contributed by atoms with Crippen molar-refractivity contribution in [3.63, 3.8) is 0 Å². The summed E-state index contributed by atoms with van der Waals surface area (Å²) in [6, 6.07) is 10.5. The van der Waals surface area contributed by atoms with Crippen LogP contribution < -0.4 is 0 Å². The third-order valence-corrected chi connectivity index (χ3v) is 4.94. The average Bonchev–Trinajstić information content (AvgIpc) is 2.61. The molecule has 0 aliphatic heterocycles. The topological polar surface area (TPSA) is 52.6 Å². The van der Waals surface area contributed by atoms with Crippen molar-refractivity contribution < 1.29 is 19.1 Å². The summed E-state index contributed by atoms with van der Waals surface area (Å²) in [4.78, 5) is 23.7. The lowest BCUT2D eigenvalue weighted by Gasteiger charge is -2.25. The Morgan fingerprint density at radius 2 is 1.92 bits per heavy atom. The van der Waals surface area contributed by atoms with Gasteiger partial charge in [-0.1, -0.05) is 55.5 Å². The van der Waals surface area contributed by atoms with Gasteiger partial charge in [-0.05, 0) is 43.6 Å². The fourth-order valence-electron chi connectivity index (χ4n) is 3.25. The highest BCUT2D eigenvalue weighted by Crippen LogP contribution is 2.33. The molecule has 3 atom stereocenters. The van der Waals surface area contributed by atoms with Gasteiger partial charge >= 0.3 is 11.9 Å². The van der Waals surface area contributed by atoms with Crippen LogP contribution in [0.15, 0.2) is 54.1 Å². The standard InChI is InChI=1S/C22H28O4/c1-16(15-21(23)25-3)26-22(24)20-12-8-7-11-19(13-14-20)17(2)18-9-5-4-6-10-18/h4-10,12,16-17,19H,11,13-15H2,1-3H3. The normalized spacial score (nSPS) is 19.5. The minimum atomic E-state index is -0.496. The number of hydrogen-bond donors (Lipinski definition) is 0. The molecule has 0 aromatic heterocycles. The predicted molar refractivity (Wildman–Crippen MR) is 102 cm³/mol. The predicted octanol–water partition coefficient (Wildman–Crippen LogP) is 4.57. The minimum Gasteiger partial charge on any atom is -0.469 e. The highest BCUT2D eigenvalue weighted by atomic mass is 16.6. The summed E-state index contributed by atoms with van der Waals surface area (Å²) in [5.74, 6) is 0.166. The molecule has 0 bridgehead atoms. The van der Waals surface area contributed by atoms with E-state index in [1.165, 1.54) is 12.7 Å². The van der Waals surface area contributed by atoms with Gasteiger partial charge in [0.05, 0.1) is 13.5 Å². The molecule has 0 saturated carbocycles. The van der Waals surface area contributed by atoms with Crippen LogP contribution >= 0.6 is 0 Å². The van der Waals surface area contributed by atoms with Gasteiger partial charge in [0.25, 0.3) is 0 Å². The summed E-state index contributed by atoms with van der Waals surface area (Å²) in [7, 11) is 1.33. The van der Waals surface area contributed by atoms with Crippen molar-refractivity contribution in [1.82, 2.24) is 0 Å². The van der Waals surface area contributed by atoms with E-state index >= 15 is 0 Å². The van der Waals surface area contributed by atoms with E-state index in [2.05, 4.69) is 42.0 Å². The number of allylic oxidation sites excluding steroid dienone is 3. The second kappa shape index (κ2) is 9.95. The zero-order valence-electron chi connectivity index (χ0n) is 15.8. The number of carbonyl (C=O) groups is 2. The molecule has 0 N–H and O–H groups in total. The van der Waals surface area contributed by atoms with Crippen molar-refractivity contribution in [3.05, 3.63) is 59.7 Å². The van der Waals surface area contributed by atoms with E-state index in [4.69, 9.17) is 4.74 Å². The minimum absolute atomic E-state index is 0.0685. The molecule has 1 aromatic rings. The van der Waals surface area contributed by atoms with Gasteiger partial charge in [0, 0.05) is 5.57 Å². The summed E-state index contributed by atoms with van der Waals surface area (Å²) in [6.45, 7) is 3.95. The van der Waals surface area contributed by atoms with Crippen LogP contribution in [-0.4, -0.2) is 25.2 Å². The zero-order valence-corrected chi connectivity index (χ0v) is 15.8. The van der Waals surface area contributed by atoms with E-state index < -0.39 is 6.10 Å². The molecule has 4 nitrogen and oxygen atoms in total. The van der Waals surface area contributed by atoms with Gasteiger partial charge in [-0.15, -0.1) is 0 Å². The lowest BCUT2D eigenvalue weighted by molar-refractivity contribution is -0.150. The molecule has 0 fully saturated rings. The van der Waals surface area contributed by atoms with Gasteiger partial charge < -0.3 is 9.47 Å². The van der Waals surface area contributed by atoms with Gasteiger partial charge in [-0.25, -0.2) is 4.79 Å². The molecule has 0 spiro atoms. The first-order chi connectivity index (χ1) is 12.5. The molecule has 1 aliphatic carbocycles. The Morgan fingerprint density at radius 3 is 2.62 bits per heavy atom. The first-order valence-electron chi connectivity index (χ1n) is 9.19. The SMILES string of the molecule is COC(=O)CC(C)OC(=O)C1=CC=CCC(C(C)c2ccccc2)CC1. The first kappa shape index (κ1) is 20.0. The van der Waals surface area contributed by atoms with E-state index in [0.29, 0.717) is 23.8 Å². The molecule has 0 saturated heterocycles. The van der Waals surface area contributed by atoms with Crippen molar-refractivity contribution in [1.29, 1.82) is 0 Å². The van der Waals surface area contributed by atoms with Crippen molar-refractivity contribution in [3.8, 4) is 0 Å². The van der Waals surface area contributed by atoms with E-state index in [1.807, 2.05) is 18.2 Å². The number of esters is 2. The van der Waals surface area contributed by atoms with Crippen LogP contribution in [0.3, 0.4) is 0 Å². The van der Waals surface area contributed by atoms with Gasteiger partial charge in [-0.3, -0.25) is 4.79 Å². The maximum atomic E-state index is 12.4. The van der Waals surface area contributed by atoms with E-state index in [0.717, 1.165) is 12.8 Å². The molecular formula is C22H28O4. The summed E-state index contributed by atoms with van der Waals surface area (Å²) >= 11 is 0. The van der Waals surface area contributed by atoms with Gasteiger partial charge in [0.15, 0.2) is 0 Å². The molecule has 1 aromatic carbocycles. The Balaban J connectivity index is 1.96. The smallest absolute Gasteiger partial charge is 0.334 e. The molecule has 3 unspecified atom stereocenters. The van der Waals surface area contributed by atoms with E-state index in [-0.39, 0.29) is 18.4 Å². The third-order valence-electron chi connectivity index (χ3n) is 4.94. The number of methoxy groups -OCH3 is 1. The lowest BCUT2D eigenvalue weighted by Crippen LogP contribution is -2.21. The Hall–Kier alpha value is -2.36. The zero-order chi connectivity index (χ0) is 18.9. The van der Waals surface area contributed by atoms with Crippen molar-refractivity contribution in [2.45, 2.75) is 51.6 Å². The fourth-order valence-corrected chi connectivity index (χ4v) is 3.25. The molecule has 140 valence electrons. The fraction of sp³-hybridized carbons (Fsp3) is 0.455. The Bertz CT molecular complexity index is 660. The van der Waals surface area contributed by atoms with Crippen LogP contribution in [0.5, 0.6) is 0 Å². The maximum Gasteiger partial charge on any atom is 0.334 e. The Kier molecular flexibility index (Phi) is 7.64. The van der Waals surface area contributed by atoms with Crippen molar-refractivity contribution in [2.24, 2.45) is 5.92 Å². The molecule has 2 rings (SSSR count). The second-order valence-electron chi connectivity index (χ2n) is 6.85. The number of hydrogen-bond acceptors (Lipinski definition) is 4. The van der Waals surface area contributed by atoms with Crippen LogP contribution in [0, 0.1) is 5.92 Å². The lowest BCUT2D eigenvalue weighted by atomic mass is 9.81. The molecule has 0 heterocycles. The van der Waals surface area contributed by atoms with Crippen LogP contribution in [0.1, 0.15) is 51.0 Å². The van der Waals surface area contributed by atoms with E-state index in [1.54, 1.807) is 6.92 Å². The van der Waals surface area contributed by atoms with Crippen LogP contribution in [-0.2, 0) is 19.1 Å². The number of ether oxygens (including phenoxy) is 2. The van der Waals surface area contributed by atoms with Gasteiger partial charge in [0.2, 0.25) is 0 Å². The molecule has 26 heavy (non-hydrogen) atoms. The highest BCUT2D eigenvalue weighted by molar-refractivity contribution is 5.89. The Labute approximate surface area is 155 Å². The van der Waals surface area contributed by atoms with E-state index in [9.17, 15) is 9.59 Å². The summed E-state index contributed by atoms with van der Waals surface area (Å²) in [6.07, 6.45) is 8.05. The van der Waals surface area contributed by atoms with Gasteiger partial charge in [-0.2, -0.15) is 0 Å². The molecule has 0 amide bonds. The van der Waals surface area contributed by atoms with Crippen molar-refractivity contribution >= 4 is 11.9 Å². The van der Waals surface area contributed by atoms with Crippen LogP contribution in [0.2, 0.25) is 0 Å². The quantitative estimate of drug-likeness (QED) is 0.701. The number of rotatable bonds is 6. The summed E-state index contributed by atoms with van der Waals surface area (Å²) in [5.41, 5.74) is 1.98. The van der Waals surface area contributed by atoms with Gasteiger partial charge in [0.1, 0.15) is 6.10 Å². The van der Waals surface area contributed by atoms with Crippen molar-refractivity contribution in [2.75, 3.05) is 7.11 Å². The largest absolute Gasteiger partial charge is 0.469 e. The molecule has 0 radical (unpaired) electrons.